The number of benzene rings is 1. The van der Waals surface area contributed by atoms with Gasteiger partial charge in [0, 0.05) is 46.0 Å². The maximum atomic E-state index is 15.0. The summed E-state index contributed by atoms with van der Waals surface area (Å²) in [5, 5.41) is 5.61. The van der Waals surface area contributed by atoms with Crippen LogP contribution in [0, 0.1) is 19.7 Å². The zero-order chi connectivity index (χ0) is 23.4. The number of hydrogen-bond acceptors (Lipinski definition) is 5. The lowest BCUT2D eigenvalue weighted by atomic mass is 9.92. The highest BCUT2D eigenvalue weighted by Gasteiger charge is 2.31. The van der Waals surface area contributed by atoms with Gasteiger partial charge in [-0.2, -0.15) is 5.10 Å². The molecule has 34 heavy (non-hydrogen) atoms. The van der Waals surface area contributed by atoms with Crippen LogP contribution in [0.5, 0.6) is 0 Å². The fourth-order valence-electron chi connectivity index (χ4n) is 4.65. The van der Waals surface area contributed by atoms with E-state index >= 15 is 0 Å². The second-order valence-corrected chi connectivity index (χ2v) is 9.82. The number of aryl methyl sites for hydroxylation is 2. The van der Waals surface area contributed by atoms with Gasteiger partial charge in [-0.15, -0.1) is 0 Å². The maximum absolute atomic E-state index is 15.0. The first-order valence-electron chi connectivity index (χ1n) is 11.7. The monoisotopic (exact) mass is 477 g/mol. The summed E-state index contributed by atoms with van der Waals surface area (Å²) in [5.41, 5.74) is 4.54. The van der Waals surface area contributed by atoms with Crippen molar-refractivity contribution in [3.63, 3.8) is 0 Å². The molecule has 6 rings (SSSR count). The standard InChI is InChI=1S/C26H25ClFN5O/c1-14-9-21-24(20-6-3-18(27)11-22(20)28)31-25(32-26(21)30-15(14)2)16-7-8-34-23(10-16)17-12-29-33(13-17)19-4-5-19/h3,6,9,11-13,16,19,23H,4-5,7-8,10H2,1-2H3/t16?,23-/m1/s1. The SMILES string of the molecule is Cc1cc2c(-c3ccc(Cl)cc3F)nc(C3CCO[C@@H](c4cnn(C5CC5)c4)C3)nc2nc1C. The van der Waals surface area contributed by atoms with Crippen LogP contribution in [0.2, 0.25) is 5.02 Å². The fraction of sp³-hybridized carbons (Fsp3) is 0.385. The van der Waals surface area contributed by atoms with E-state index in [9.17, 15) is 4.39 Å². The van der Waals surface area contributed by atoms with E-state index < -0.39 is 5.82 Å². The molecule has 2 aliphatic rings. The smallest absolute Gasteiger partial charge is 0.163 e. The molecule has 1 aliphatic carbocycles. The van der Waals surface area contributed by atoms with Crippen molar-refractivity contribution >= 4 is 22.6 Å². The molecule has 1 saturated carbocycles. The highest BCUT2D eigenvalue weighted by atomic mass is 35.5. The predicted molar refractivity (Wildman–Crippen MR) is 128 cm³/mol. The third-order valence-corrected chi connectivity index (χ3v) is 7.13. The zero-order valence-electron chi connectivity index (χ0n) is 19.1. The summed E-state index contributed by atoms with van der Waals surface area (Å²) >= 11 is 6.02. The summed E-state index contributed by atoms with van der Waals surface area (Å²) < 4.78 is 23.1. The quantitative estimate of drug-likeness (QED) is 0.346. The van der Waals surface area contributed by atoms with Gasteiger partial charge < -0.3 is 4.74 Å². The molecule has 3 aromatic heterocycles. The summed E-state index contributed by atoms with van der Waals surface area (Å²) in [6.07, 6.45) is 7.88. The van der Waals surface area contributed by atoms with Crippen molar-refractivity contribution in [2.24, 2.45) is 0 Å². The van der Waals surface area contributed by atoms with Crippen molar-refractivity contribution in [2.75, 3.05) is 6.61 Å². The van der Waals surface area contributed by atoms with Crippen molar-refractivity contribution in [3.05, 3.63) is 70.1 Å². The van der Waals surface area contributed by atoms with Crippen molar-refractivity contribution < 1.29 is 9.13 Å². The van der Waals surface area contributed by atoms with Gasteiger partial charge in [0.2, 0.25) is 0 Å². The summed E-state index contributed by atoms with van der Waals surface area (Å²) in [6.45, 7) is 4.56. The first kappa shape index (κ1) is 21.6. The Balaban J connectivity index is 1.41. The zero-order valence-corrected chi connectivity index (χ0v) is 19.9. The van der Waals surface area contributed by atoms with Crippen molar-refractivity contribution in [1.82, 2.24) is 24.7 Å². The highest BCUT2D eigenvalue weighted by Crippen LogP contribution is 2.40. The molecule has 4 heterocycles. The number of fused-ring (bicyclic) bond motifs is 1. The topological polar surface area (TPSA) is 65.7 Å². The predicted octanol–water partition coefficient (Wildman–Crippen LogP) is 6.27. The van der Waals surface area contributed by atoms with Crippen molar-refractivity contribution in [3.8, 4) is 11.3 Å². The van der Waals surface area contributed by atoms with Crippen LogP contribution in [0.1, 0.15) is 66.4 Å². The number of halogens is 2. The van der Waals surface area contributed by atoms with Gasteiger partial charge in [-0.05, 0) is 69.4 Å². The van der Waals surface area contributed by atoms with Gasteiger partial charge in [0.1, 0.15) is 11.6 Å². The van der Waals surface area contributed by atoms with Gasteiger partial charge in [-0.3, -0.25) is 4.68 Å². The van der Waals surface area contributed by atoms with E-state index in [1.54, 1.807) is 12.1 Å². The second kappa shape index (κ2) is 8.40. The van der Waals surface area contributed by atoms with Crippen LogP contribution in [-0.4, -0.2) is 31.3 Å². The normalized spacial score (nSPS) is 20.7. The number of nitrogens with zero attached hydrogens (tertiary/aromatic N) is 5. The van der Waals surface area contributed by atoms with Crippen LogP contribution < -0.4 is 0 Å². The molecule has 174 valence electrons. The van der Waals surface area contributed by atoms with E-state index in [-0.39, 0.29) is 12.0 Å². The number of rotatable bonds is 4. The maximum Gasteiger partial charge on any atom is 0.163 e. The Morgan fingerprint density at radius 3 is 2.74 bits per heavy atom. The minimum Gasteiger partial charge on any atom is -0.373 e. The molecule has 1 aromatic carbocycles. The molecule has 8 heteroatoms. The summed E-state index contributed by atoms with van der Waals surface area (Å²) in [4.78, 5) is 14.5. The Kier molecular flexibility index (Phi) is 5.34. The van der Waals surface area contributed by atoms with E-state index in [4.69, 9.17) is 31.3 Å². The lowest BCUT2D eigenvalue weighted by molar-refractivity contribution is 0.00396. The first-order chi connectivity index (χ1) is 16.5. The third-order valence-electron chi connectivity index (χ3n) is 6.90. The van der Waals surface area contributed by atoms with E-state index in [1.807, 2.05) is 30.8 Å². The lowest BCUT2D eigenvalue weighted by Crippen LogP contribution is -2.20. The molecule has 6 nitrogen and oxygen atoms in total. The number of hydrogen-bond donors (Lipinski definition) is 0. The Hall–Kier alpha value is -2.90. The van der Waals surface area contributed by atoms with Gasteiger partial charge in [0.25, 0.3) is 0 Å². The van der Waals surface area contributed by atoms with E-state index in [1.165, 1.54) is 18.9 Å². The molecule has 4 aromatic rings. The average Bonchev–Trinajstić information content (AvgIpc) is 3.56. The molecule has 0 spiro atoms. The number of aromatic nitrogens is 5. The third kappa shape index (κ3) is 3.97. The summed E-state index contributed by atoms with van der Waals surface area (Å²) in [6, 6.07) is 7.21. The molecule has 0 amide bonds. The molecule has 2 fully saturated rings. The second-order valence-electron chi connectivity index (χ2n) is 9.38. The molecule has 1 saturated heterocycles. The number of pyridine rings is 1. The van der Waals surface area contributed by atoms with Crippen molar-refractivity contribution in [1.29, 1.82) is 0 Å². The molecular weight excluding hydrogens is 453 g/mol. The minimum absolute atomic E-state index is 0.0611. The van der Waals surface area contributed by atoms with Gasteiger partial charge in [0.15, 0.2) is 5.65 Å². The Labute approximate surface area is 202 Å². The van der Waals surface area contributed by atoms with Crippen LogP contribution in [0.25, 0.3) is 22.3 Å². The summed E-state index contributed by atoms with van der Waals surface area (Å²) in [5.74, 6) is 0.342. The minimum atomic E-state index is -0.408. The van der Waals surface area contributed by atoms with Gasteiger partial charge in [-0.1, -0.05) is 11.6 Å². The average molecular weight is 478 g/mol. The molecule has 1 aliphatic heterocycles. The van der Waals surface area contributed by atoms with Gasteiger partial charge in [0.05, 0.1) is 24.0 Å². The van der Waals surface area contributed by atoms with Crippen molar-refractivity contribution in [2.45, 2.75) is 57.6 Å². The molecule has 0 radical (unpaired) electrons. The molecule has 0 N–H and O–H groups in total. The largest absolute Gasteiger partial charge is 0.373 e. The lowest BCUT2D eigenvalue weighted by Gasteiger charge is -2.28. The van der Waals surface area contributed by atoms with Gasteiger partial charge in [-0.25, -0.2) is 19.3 Å². The Morgan fingerprint density at radius 2 is 1.94 bits per heavy atom. The Bertz CT molecular complexity index is 1400. The first-order valence-corrected chi connectivity index (χ1v) is 12.1. The van der Waals surface area contributed by atoms with E-state index in [0.29, 0.717) is 40.4 Å². The van der Waals surface area contributed by atoms with Crippen LogP contribution >= 0.6 is 11.6 Å². The molecule has 2 atom stereocenters. The molecule has 1 unspecified atom stereocenters. The molecular formula is C26H25ClFN5O. The van der Waals surface area contributed by atoms with E-state index in [0.717, 1.165) is 35.0 Å². The fourth-order valence-corrected chi connectivity index (χ4v) is 4.81. The van der Waals surface area contributed by atoms with Crippen LogP contribution in [0.4, 0.5) is 4.39 Å². The number of ether oxygens (including phenoxy) is 1. The highest BCUT2D eigenvalue weighted by molar-refractivity contribution is 6.30. The van der Waals surface area contributed by atoms with Crippen LogP contribution in [-0.2, 0) is 4.74 Å². The summed E-state index contributed by atoms with van der Waals surface area (Å²) in [7, 11) is 0. The Morgan fingerprint density at radius 1 is 1.09 bits per heavy atom. The van der Waals surface area contributed by atoms with E-state index in [2.05, 4.69) is 11.3 Å². The van der Waals surface area contributed by atoms with Gasteiger partial charge >= 0.3 is 0 Å². The van der Waals surface area contributed by atoms with Crippen LogP contribution in [0.3, 0.4) is 0 Å². The van der Waals surface area contributed by atoms with Crippen LogP contribution in [0.15, 0.2) is 36.7 Å². The molecule has 0 bridgehead atoms.